The molecule has 0 atom stereocenters. The average molecular weight is 346 g/mol. The lowest BCUT2D eigenvalue weighted by Gasteiger charge is -2.27. The summed E-state index contributed by atoms with van der Waals surface area (Å²) in [4.78, 5) is 22.3. The SMILES string of the molecule is O=C(c1cnn2ccc(-c3c[nH]c4ncccc34)cc12)N1CCNCC1. The minimum Gasteiger partial charge on any atom is -0.346 e. The van der Waals surface area contributed by atoms with E-state index in [9.17, 15) is 4.79 Å². The maximum Gasteiger partial charge on any atom is 0.257 e. The Morgan fingerprint density at radius 3 is 2.96 bits per heavy atom. The molecule has 130 valence electrons. The number of nitrogens with zero attached hydrogens (tertiary/aromatic N) is 4. The first kappa shape index (κ1) is 15.1. The van der Waals surface area contributed by atoms with Crippen LogP contribution in [0.1, 0.15) is 10.4 Å². The maximum atomic E-state index is 12.9. The number of piperazine rings is 1. The van der Waals surface area contributed by atoms with E-state index in [4.69, 9.17) is 0 Å². The molecule has 4 aromatic heterocycles. The quantitative estimate of drug-likeness (QED) is 0.581. The second-order valence-electron chi connectivity index (χ2n) is 6.45. The minimum absolute atomic E-state index is 0.0410. The summed E-state index contributed by atoms with van der Waals surface area (Å²) in [5, 5.41) is 8.69. The Hall–Kier alpha value is -3.19. The molecule has 5 heterocycles. The highest BCUT2D eigenvalue weighted by Crippen LogP contribution is 2.29. The van der Waals surface area contributed by atoms with E-state index in [2.05, 4.69) is 20.4 Å². The van der Waals surface area contributed by atoms with Crippen LogP contribution < -0.4 is 5.32 Å². The van der Waals surface area contributed by atoms with Gasteiger partial charge in [-0.05, 0) is 29.8 Å². The molecule has 0 aromatic carbocycles. The predicted octanol–water partition coefficient (Wildman–Crippen LogP) is 1.92. The van der Waals surface area contributed by atoms with Crippen molar-refractivity contribution in [1.29, 1.82) is 0 Å². The number of fused-ring (bicyclic) bond motifs is 2. The number of pyridine rings is 2. The molecule has 5 rings (SSSR count). The lowest BCUT2D eigenvalue weighted by molar-refractivity contribution is 0.0738. The Morgan fingerprint density at radius 2 is 2.08 bits per heavy atom. The van der Waals surface area contributed by atoms with Crippen molar-refractivity contribution in [2.24, 2.45) is 0 Å². The summed E-state index contributed by atoms with van der Waals surface area (Å²) in [5.41, 5.74) is 4.42. The number of carbonyl (C=O) groups is 1. The van der Waals surface area contributed by atoms with Crippen LogP contribution in [-0.2, 0) is 0 Å². The van der Waals surface area contributed by atoms with Crippen LogP contribution in [0.3, 0.4) is 0 Å². The molecule has 7 heteroatoms. The van der Waals surface area contributed by atoms with Crippen LogP contribution in [0.2, 0.25) is 0 Å². The molecular formula is C19H18N6O. The fourth-order valence-electron chi connectivity index (χ4n) is 3.55. The molecule has 7 nitrogen and oxygen atoms in total. The van der Waals surface area contributed by atoms with Gasteiger partial charge in [0.25, 0.3) is 5.91 Å². The Labute approximate surface area is 149 Å². The molecule has 0 radical (unpaired) electrons. The summed E-state index contributed by atoms with van der Waals surface area (Å²) in [6, 6.07) is 8.00. The number of amides is 1. The van der Waals surface area contributed by atoms with E-state index in [1.165, 1.54) is 0 Å². The van der Waals surface area contributed by atoms with Gasteiger partial charge in [-0.1, -0.05) is 0 Å². The monoisotopic (exact) mass is 346 g/mol. The molecule has 0 unspecified atom stereocenters. The lowest BCUT2D eigenvalue weighted by Crippen LogP contribution is -2.46. The fraction of sp³-hybridized carbons (Fsp3) is 0.211. The molecular weight excluding hydrogens is 328 g/mol. The number of carbonyl (C=O) groups excluding carboxylic acids is 1. The molecule has 2 N–H and O–H groups in total. The highest BCUT2D eigenvalue weighted by molar-refractivity contribution is 6.02. The highest BCUT2D eigenvalue weighted by atomic mass is 16.2. The van der Waals surface area contributed by atoms with Crippen molar-refractivity contribution in [1.82, 2.24) is 29.8 Å². The van der Waals surface area contributed by atoms with Crippen LogP contribution >= 0.6 is 0 Å². The molecule has 4 aromatic rings. The van der Waals surface area contributed by atoms with Crippen LogP contribution in [0, 0.1) is 0 Å². The van der Waals surface area contributed by atoms with E-state index in [0.717, 1.165) is 53.9 Å². The zero-order valence-electron chi connectivity index (χ0n) is 14.1. The third-order valence-corrected chi connectivity index (χ3v) is 4.92. The largest absolute Gasteiger partial charge is 0.346 e. The topological polar surface area (TPSA) is 78.3 Å². The molecule has 1 fully saturated rings. The van der Waals surface area contributed by atoms with Crippen molar-refractivity contribution in [2.75, 3.05) is 26.2 Å². The van der Waals surface area contributed by atoms with E-state index >= 15 is 0 Å². The summed E-state index contributed by atoms with van der Waals surface area (Å²) in [7, 11) is 0. The first-order chi connectivity index (χ1) is 12.8. The van der Waals surface area contributed by atoms with E-state index in [-0.39, 0.29) is 5.91 Å². The van der Waals surface area contributed by atoms with Gasteiger partial charge >= 0.3 is 0 Å². The number of hydrogen-bond donors (Lipinski definition) is 2. The van der Waals surface area contributed by atoms with E-state index in [1.807, 2.05) is 41.6 Å². The van der Waals surface area contributed by atoms with Crippen molar-refractivity contribution in [3.63, 3.8) is 0 Å². The van der Waals surface area contributed by atoms with E-state index in [1.54, 1.807) is 16.9 Å². The number of rotatable bonds is 2. The van der Waals surface area contributed by atoms with E-state index < -0.39 is 0 Å². The molecule has 26 heavy (non-hydrogen) atoms. The number of aromatic nitrogens is 4. The Kier molecular flexibility index (Phi) is 3.46. The summed E-state index contributed by atoms with van der Waals surface area (Å²) >= 11 is 0. The predicted molar refractivity (Wildman–Crippen MR) is 99.1 cm³/mol. The van der Waals surface area contributed by atoms with Gasteiger partial charge in [0.2, 0.25) is 0 Å². The van der Waals surface area contributed by atoms with Gasteiger partial charge in [-0.3, -0.25) is 4.79 Å². The Balaban J connectivity index is 1.60. The second kappa shape index (κ2) is 5.96. The van der Waals surface area contributed by atoms with Gasteiger partial charge in [-0.2, -0.15) is 5.10 Å². The van der Waals surface area contributed by atoms with Gasteiger partial charge in [0, 0.05) is 55.7 Å². The third kappa shape index (κ3) is 2.36. The molecule has 1 amide bonds. The summed E-state index contributed by atoms with van der Waals surface area (Å²) in [6.07, 6.45) is 7.29. The summed E-state index contributed by atoms with van der Waals surface area (Å²) in [5.74, 6) is 0.0410. The van der Waals surface area contributed by atoms with Crippen LogP contribution in [0.5, 0.6) is 0 Å². The smallest absolute Gasteiger partial charge is 0.257 e. The molecule has 0 saturated carbocycles. The Bertz CT molecular complexity index is 1110. The third-order valence-electron chi connectivity index (χ3n) is 4.92. The van der Waals surface area contributed by atoms with Crippen LogP contribution in [0.4, 0.5) is 0 Å². The van der Waals surface area contributed by atoms with Gasteiger partial charge in [0.15, 0.2) is 0 Å². The average Bonchev–Trinajstić information content (AvgIpc) is 3.32. The summed E-state index contributed by atoms with van der Waals surface area (Å²) in [6.45, 7) is 3.12. The van der Waals surface area contributed by atoms with E-state index in [0.29, 0.717) is 5.56 Å². The van der Waals surface area contributed by atoms with Crippen molar-refractivity contribution >= 4 is 22.5 Å². The molecule has 0 bridgehead atoms. The molecule has 0 spiro atoms. The molecule has 1 aliphatic rings. The Morgan fingerprint density at radius 1 is 1.19 bits per heavy atom. The number of nitrogens with one attached hydrogen (secondary N) is 2. The first-order valence-electron chi connectivity index (χ1n) is 8.71. The zero-order chi connectivity index (χ0) is 17.5. The van der Waals surface area contributed by atoms with Crippen molar-refractivity contribution in [3.8, 4) is 11.1 Å². The van der Waals surface area contributed by atoms with Crippen LogP contribution in [-0.4, -0.2) is 56.6 Å². The van der Waals surface area contributed by atoms with Crippen molar-refractivity contribution in [3.05, 3.63) is 54.6 Å². The zero-order valence-corrected chi connectivity index (χ0v) is 14.1. The van der Waals surface area contributed by atoms with Gasteiger partial charge in [0.05, 0.1) is 17.3 Å². The van der Waals surface area contributed by atoms with Crippen LogP contribution in [0.15, 0.2) is 49.1 Å². The molecule has 1 saturated heterocycles. The van der Waals surface area contributed by atoms with Gasteiger partial charge in [-0.15, -0.1) is 0 Å². The number of hydrogen-bond acceptors (Lipinski definition) is 4. The van der Waals surface area contributed by atoms with Gasteiger partial charge < -0.3 is 15.2 Å². The summed E-state index contributed by atoms with van der Waals surface area (Å²) < 4.78 is 1.76. The minimum atomic E-state index is 0.0410. The standard InChI is InChI=1S/C19H18N6O/c26-19(24-8-5-20-6-9-24)16-12-23-25-7-3-13(10-17(16)25)15-11-22-18-14(15)2-1-4-21-18/h1-4,7,10-12,20H,5-6,8-9H2,(H,21,22). The lowest BCUT2D eigenvalue weighted by atomic mass is 10.1. The normalized spacial score (nSPS) is 15.0. The van der Waals surface area contributed by atoms with Crippen molar-refractivity contribution in [2.45, 2.75) is 0 Å². The number of H-pyrrole nitrogens is 1. The molecule has 1 aliphatic heterocycles. The first-order valence-corrected chi connectivity index (χ1v) is 8.71. The number of aromatic amines is 1. The molecule has 0 aliphatic carbocycles. The van der Waals surface area contributed by atoms with Gasteiger partial charge in [0.1, 0.15) is 5.65 Å². The maximum absolute atomic E-state index is 12.9. The fourth-order valence-corrected chi connectivity index (χ4v) is 3.55. The highest BCUT2D eigenvalue weighted by Gasteiger charge is 2.21. The van der Waals surface area contributed by atoms with Gasteiger partial charge in [-0.25, -0.2) is 9.50 Å². The second-order valence-corrected chi connectivity index (χ2v) is 6.45. The van der Waals surface area contributed by atoms with Crippen LogP contribution in [0.25, 0.3) is 27.7 Å². The van der Waals surface area contributed by atoms with Crippen molar-refractivity contribution < 1.29 is 4.79 Å².